The summed E-state index contributed by atoms with van der Waals surface area (Å²) in [5.41, 5.74) is 1.05. The van der Waals surface area contributed by atoms with Crippen LogP contribution in [0.1, 0.15) is 37.0 Å². The molecule has 0 saturated carbocycles. The van der Waals surface area contributed by atoms with Crippen molar-refractivity contribution in [3.05, 3.63) is 42.0 Å². The Morgan fingerprint density at radius 2 is 1.62 bits per heavy atom. The van der Waals surface area contributed by atoms with Crippen LogP contribution in [0.5, 0.6) is 0 Å². The lowest BCUT2D eigenvalue weighted by Gasteiger charge is -2.24. The van der Waals surface area contributed by atoms with Crippen LogP contribution >= 0.6 is 0 Å². The first-order chi connectivity index (χ1) is 11.4. The van der Waals surface area contributed by atoms with Crippen LogP contribution < -0.4 is 10.6 Å². The van der Waals surface area contributed by atoms with Gasteiger partial charge in [0.15, 0.2) is 0 Å². The second kappa shape index (κ2) is 7.77. The average Bonchev–Trinajstić information content (AvgIpc) is 2.54. The zero-order valence-electron chi connectivity index (χ0n) is 13.8. The normalized spacial score (nSPS) is 19.8. The molecular formula is C18H22N2O4. The van der Waals surface area contributed by atoms with E-state index >= 15 is 0 Å². The number of amides is 2. The molecule has 0 aromatic heterocycles. The number of carbonyl (C=O) groups excluding carboxylic acids is 2. The molecule has 128 valence electrons. The minimum absolute atomic E-state index is 0.0455. The molecule has 0 radical (unpaired) electrons. The topological polar surface area (TPSA) is 95.5 Å². The molecule has 0 bridgehead atoms. The van der Waals surface area contributed by atoms with Crippen molar-refractivity contribution < 1.29 is 19.5 Å². The van der Waals surface area contributed by atoms with Crippen molar-refractivity contribution >= 4 is 23.5 Å². The van der Waals surface area contributed by atoms with Crippen molar-refractivity contribution in [2.45, 2.75) is 32.7 Å². The van der Waals surface area contributed by atoms with Gasteiger partial charge in [-0.2, -0.15) is 0 Å². The van der Waals surface area contributed by atoms with Gasteiger partial charge in [0.25, 0.3) is 5.91 Å². The third-order valence-corrected chi connectivity index (χ3v) is 3.92. The molecule has 6 heteroatoms. The minimum Gasteiger partial charge on any atom is -0.481 e. The Bertz CT molecular complexity index is 649. The van der Waals surface area contributed by atoms with Gasteiger partial charge in [-0.3, -0.25) is 14.4 Å². The summed E-state index contributed by atoms with van der Waals surface area (Å²) < 4.78 is 0. The Kier molecular flexibility index (Phi) is 5.73. The number of aliphatic carboxylic acids is 1. The molecule has 3 N–H and O–H groups in total. The van der Waals surface area contributed by atoms with Crippen molar-refractivity contribution in [1.82, 2.24) is 5.32 Å². The van der Waals surface area contributed by atoms with Crippen LogP contribution in [-0.2, 0) is 9.59 Å². The van der Waals surface area contributed by atoms with E-state index in [0.717, 1.165) is 0 Å². The molecule has 24 heavy (non-hydrogen) atoms. The van der Waals surface area contributed by atoms with Crippen LogP contribution in [-0.4, -0.2) is 28.9 Å². The van der Waals surface area contributed by atoms with Crippen molar-refractivity contribution in [3.8, 4) is 0 Å². The van der Waals surface area contributed by atoms with Crippen molar-refractivity contribution in [2.24, 2.45) is 11.8 Å². The van der Waals surface area contributed by atoms with E-state index in [1.54, 1.807) is 30.3 Å². The first-order valence-corrected chi connectivity index (χ1v) is 7.98. The second-order valence-corrected chi connectivity index (χ2v) is 6.19. The summed E-state index contributed by atoms with van der Waals surface area (Å²) >= 11 is 0. The Morgan fingerprint density at radius 1 is 1.04 bits per heavy atom. The van der Waals surface area contributed by atoms with Gasteiger partial charge in [-0.25, -0.2) is 0 Å². The number of hydrogen-bond donors (Lipinski definition) is 3. The van der Waals surface area contributed by atoms with E-state index < -0.39 is 17.8 Å². The third-order valence-electron chi connectivity index (χ3n) is 3.92. The van der Waals surface area contributed by atoms with Crippen LogP contribution in [0.15, 0.2) is 36.4 Å². The predicted molar refractivity (Wildman–Crippen MR) is 90.7 cm³/mol. The van der Waals surface area contributed by atoms with Gasteiger partial charge in [0.1, 0.15) is 0 Å². The average molecular weight is 330 g/mol. The van der Waals surface area contributed by atoms with Crippen LogP contribution in [0.2, 0.25) is 0 Å². The molecule has 1 aliphatic carbocycles. The zero-order chi connectivity index (χ0) is 17.7. The molecule has 2 rings (SSSR count). The maximum absolute atomic E-state index is 12.4. The highest BCUT2D eigenvalue weighted by Gasteiger charge is 2.33. The van der Waals surface area contributed by atoms with Gasteiger partial charge in [-0.15, -0.1) is 0 Å². The quantitative estimate of drug-likeness (QED) is 0.723. The Labute approximate surface area is 140 Å². The lowest BCUT2D eigenvalue weighted by atomic mass is 9.82. The predicted octanol–water partition coefficient (Wildman–Crippen LogP) is 2.43. The number of hydrogen-bond acceptors (Lipinski definition) is 3. The highest BCUT2D eigenvalue weighted by Crippen LogP contribution is 2.27. The largest absolute Gasteiger partial charge is 0.481 e. The first kappa shape index (κ1) is 17.7. The van der Waals surface area contributed by atoms with E-state index in [-0.39, 0.29) is 17.9 Å². The summed E-state index contributed by atoms with van der Waals surface area (Å²) in [6.45, 7) is 3.76. The minimum atomic E-state index is -0.958. The van der Waals surface area contributed by atoms with E-state index in [2.05, 4.69) is 10.6 Å². The molecule has 0 spiro atoms. The summed E-state index contributed by atoms with van der Waals surface area (Å²) in [4.78, 5) is 35.5. The number of carboxylic acid groups (broad SMARTS) is 1. The SMILES string of the molecule is CC(C)NC(=O)c1ccc(NC(=O)[C@H]2CC=CC[C@@H]2C(=O)O)cc1. The number of carbonyl (C=O) groups is 3. The Hall–Kier alpha value is -2.63. The molecule has 2 amide bonds. The number of rotatable bonds is 5. The molecule has 0 saturated heterocycles. The number of anilines is 1. The summed E-state index contributed by atoms with van der Waals surface area (Å²) in [6.07, 6.45) is 4.41. The van der Waals surface area contributed by atoms with E-state index in [1.165, 1.54) is 0 Å². The summed E-state index contributed by atoms with van der Waals surface area (Å²) in [5, 5.41) is 14.8. The summed E-state index contributed by atoms with van der Waals surface area (Å²) in [5.74, 6) is -2.74. The van der Waals surface area contributed by atoms with Gasteiger partial charge in [-0.1, -0.05) is 12.2 Å². The van der Waals surface area contributed by atoms with E-state index in [9.17, 15) is 19.5 Å². The number of allylic oxidation sites excluding steroid dienone is 2. The molecule has 0 fully saturated rings. The number of benzene rings is 1. The highest BCUT2D eigenvalue weighted by molar-refractivity contribution is 5.97. The lowest BCUT2D eigenvalue weighted by Crippen LogP contribution is -2.34. The van der Waals surface area contributed by atoms with Crippen LogP contribution in [0.3, 0.4) is 0 Å². The molecule has 6 nitrogen and oxygen atoms in total. The van der Waals surface area contributed by atoms with Crippen molar-refractivity contribution in [1.29, 1.82) is 0 Å². The number of carboxylic acids is 1. The molecular weight excluding hydrogens is 308 g/mol. The van der Waals surface area contributed by atoms with Gasteiger partial charge in [0.2, 0.25) is 5.91 Å². The van der Waals surface area contributed by atoms with Crippen molar-refractivity contribution in [3.63, 3.8) is 0 Å². The molecule has 0 unspecified atom stereocenters. The molecule has 0 aliphatic heterocycles. The van der Waals surface area contributed by atoms with E-state index in [4.69, 9.17) is 0 Å². The monoisotopic (exact) mass is 330 g/mol. The van der Waals surface area contributed by atoms with E-state index in [1.807, 2.05) is 19.9 Å². The first-order valence-electron chi connectivity index (χ1n) is 7.98. The maximum atomic E-state index is 12.4. The standard InChI is InChI=1S/C18H22N2O4/c1-11(2)19-16(21)12-7-9-13(10-8-12)20-17(22)14-5-3-4-6-15(14)18(23)24/h3-4,7-11,14-15H,5-6H2,1-2H3,(H,19,21)(H,20,22)(H,23,24)/t14-,15-/m0/s1. The Balaban J connectivity index is 2.02. The van der Waals surface area contributed by atoms with Gasteiger partial charge in [-0.05, 0) is 51.0 Å². The van der Waals surface area contributed by atoms with Crippen LogP contribution in [0.4, 0.5) is 5.69 Å². The van der Waals surface area contributed by atoms with Gasteiger partial charge in [0.05, 0.1) is 11.8 Å². The number of nitrogens with one attached hydrogen (secondary N) is 2. The van der Waals surface area contributed by atoms with Gasteiger partial charge < -0.3 is 15.7 Å². The second-order valence-electron chi connectivity index (χ2n) is 6.19. The van der Waals surface area contributed by atoms with Gasteiger partial charge >= 0.3 is 5.97 Å². The zero-order valence-corrected chi connectivity index (χ0v) is 13.8. The highest BCUT2D eigenvalue weighted by atomic mass is 16.4. The van der Waals surface area contributed by atoms with Crippen molar-refractivity contribution in [2.75, 3.05) is 5.32 Å². The molecule has 1 aliphatic rings. The summed E-state index contributed by atoms with van der Waals surface area (Å²) in [7, 11) is 0. The smallest absolute Gasteiger partial charge is 0.307 e. The lowest BCUT2D eigenvalue weighted by molar-refractivity contribution is -0.146. The Morgan fingerprint density at radius 3 is 2.17 bits per heavy atom. The van der Waals surface area contributed by atoms with Crippen LogP contribution in [0.25, 0.3) is 0 Å². The van der Waals surface area contributed by atoms with E-state index in [0.29, 0.717) is 24.1 Å². The maximum Gasteiger partial charge on any atom is 0.307 e. The third kappa shape index (κ3) is 4.44. The summed E-state index contributed by atoms with van der Waals surface area (Å²) in [6, 6.07) is 6.58. The van der Waals surface area contributed by atoms with Crippen LogP contribution in [0, 0.1) is 11.8 Å². The van der Waals surface area contributed by atoms with Gasteiger partial charge in [0, 0.05) is 17.3 Å². The molecule has 0 heterocycles. The fourth-order valence-corrected chi connectivity index (χ4v) is 2.66. The molecule has 2 atom stereocenters. The molecule has 1 aromatic rings. The fourth-order valence-electron chi connectivity index (χ4n) is 2.66. The molecule has 1 aromatic carbocycles. The fraction of sp³-hybridized carbons (Fsp3) is 0.389.